The highest BCUT2D eigenvalue weighted by molar-refractivity contribution is 9.10. The molecule has 49 heavy (non-hydrogen) atoms. The van der Waals surface area contributed by atoms with Crippen molar-refractivity contribution in [2.24, 2.45) is 5.41 Å². The van der Waals surface area contributed by atoms with E-state index in [9.17, 15) is 14.4 Å². The number of hydrogen-bond acceptors (Lipinski definition) is 9. The second-order valence-electron chi connectivity index (χ2n) is 13.3. The number of carbonyl (C=O) groups is 3. The van der Waals surface area contributed by atoms with Gasteiger partial charge in [-0.25, -0.2) is 15.0 Å². The molecule has 1 amide bonds. The summed E-state index contributed by atoms with van der Waals surface area (Å²) in [5.41, 5.74) is 5.42. The van der Waals surface area contributed by atoms with Crippen molar-refractivity contribution >= 4 is 49.9 Å². The highest BCUT2D eigenvalue weighted by Crippen LogP contribution is 2.60. The smallest absolute Gasteiger partial charge is 0.245 e. The van der Waals surface area contributed by atoms with E-state index in [0.717, 1.165) is 34.2 Å². The molecule has 1 aliphatic carbocycles. The van der Waals surface area contributed by atoms with Crippen LogP contribution in [-0.4, -0.2) is 75.6 Å². The number of likely N-dealkylation sites (tertiary alicyclic amines) is 1. The molecule has 13 heteroatoms. The van der Waals surface area contributed by atoms with Gasteiger partial charge in [-0.1, -0.05) is 18.7 Å². The number of carbonyl (C=O) groups excluding carboxylic acids is 3. The second-order valence-corrected chi connectivity index (χ2v) is 14.1. The molecule has 4 bridgehead atoms. The van der Waals surface area contributed by atoms with Gasteiger partial charge in [0, 0.05) is 60.0 Å². The number of aryl methyl sites for hydroxylation is 1. The number of ether oxygens (including phenoxy) is 1. The van der Waals surface area contributed by atoms with E-state index in [4.69, 9.17) is 4.74 Å². The molecular formula is C36H33BrN8O4. The van der Waals surface area contributed by atoms with Crippen LogP contribution in [-0.2, 0) is 40.4 Å². The number of pyridine rings is 1. The van der Waals surface area contributed by atoms with Crippen molar-refractivity contribution in [1.29, 1.82) is 0 Å². The first-order chi connectivity index (χ1) is 23.6. The summed E-state index contributed by atoms with van der Waals surface area (Å²) in [6.07, 6.45) is 8.57. The summed E-state index contributed by atoms with van der Waals surface area (Å²) >= 11 is 3.45. The third-order valence-corrected chi connectivity index (χ3v) is 10.4. The van der Waals surface area contributed by atoms with Crippen LogP contribution in [0.25, 0.3) is 27.6 Å². The summed E-state index contributed by atoms with van der Waals surface area (Å²) in [7, 11) is 0. The van der Waals surface area contributed by atoms with Gasteiger partial charge in [-0.3, -0.25) is 23.7 Å². The van der Waals surface area contributed by atoms with Crippen molar-refractivity contribution < 1.29 is 19.1 Å². The number of aromatic nitrogens is 7. The van der Waals surface area contributed by atoms with Crippen molar-refractivity contribution in [2.45, 2.75) is 64.9 Å². The fourth-order valence-corrected chi connectivity index (χ4v) is 7.72. The molecule has 0 N–H and O–H groups in total. The van der Waals surface area contributed by atoms with Crippen LogP contribution in [0.2, 0.25) is 0 Å². The number of ketones is 2. The van der Waals surface area contributed by atoms with E-state index in [1.165, 1.54) is 6.92 Å². The molecule has 1 saturated carbocycles. The number of hydrogen-bond donors (Lipinski definition) is 0. The molecule has 12 nitrogen and oxygen atoms in total. The van der Waals surface area contributed by atoms with Gasteiger partial charge in [0.15, 0.2) is 11.6 Å². The highest BCUT2D eigenvalue weighted by atomic mass is 79.9. The van der Waals surface area contributed by atoms with Crippen molar-refractivity contribution in [3.8, 4) is 11.1 Å². The molecule has 0 unspecified atom stereocenters. The van der Waals surface area contributed by atoms with Crippen LogP contribution in [0.4, 0.5) is 0 Å². The number of Topliss-reactive ketones (excluding diaryl/α,β-unsaturated/α-hetero) is 2. The molecule has 1 aromatic carbocycles. The molecule has 2 aliphatic heterocycles. The number of benzene rings is 1. The molecule has 2 fully saturated rings. The van der Waals surface area contributed by atoms with Gasteiger partial charge in [0.25, 0.3) is 0 Å². The van der Waals surface area contributed by atoms with Gasteiger partial charge in [0.2, 0.25) is 5.91 Å². The first-order valence-electron chi connectivity index (χ1n) is 16.2. The highest BCUT2D eigenvalue weighted by Gasteiger charge is 2.67. The van der Waals surface area contributed by atoms with Crippen molar-refractivity contribution in [3.05, 3.63) is 94.6 Å². The molecule has 1 saturated heterocycles. The quantitative estimate of drug-likeness (QED) is 0.190. The van der Waals surface area contributed by atoms with E-state index in [2.05, 4.69) is 47.7 Å². The second kappa shape index (κ2) is 11.9. The molecule has 1 spiro atoms. The zero-order valence-corrected chi connectivity index (χ0v) is 28.7. The molecular weight excluding hydrogens is 688 g/mol. The standard InChI is InChI=1S/C36H33BrN8O4/c1-20-17-49-18-24-5-7-33(37)41-28(24)9-31(47)30-10-36(19-43-15-26(20)14-40-43)11-32(36)45(30)34(48)16-44-29-6-4-23(25-12-38-22(3)39-13-25)8-27(29)35(42-44)21(2)46/h4-8,12-15,30,32H,1,9-11,16-19H2,2-3H3/t30-,32+,36-/m0/s1. The summed E-state index contributed by atoms with van der Waals surface area (Å²) < 4.78 is 10.1. The SMILES string of the molecule is C=C1COCc2ccc(Br)nc2CC(=O)[C@@H]2C[C@]3(C[C@H]3N2C(=O)Cn2nc(C(C)=O)c3cc(-c4cnc(C)nc4)ccc32)Cn2cc1cn2. The lowest BCUT2D eigenvalue weighted by Crippen LogP contribution is -2.45. The Balaban J connectivity index is 1.14. The summed E-state index contributed by atoms with van der Waals surface area (Å²) in [4.78, 5) is 56.3. The normalized spacial score (nSPS) is 22.0. The van der Waals surface area contributed by atoms with E-state index in [1.54, 1.807) is 28.2 Å². The topological polar surface area (TPSA) is 138 Å². The van der Waals surface area contributed by atoms with Crippen LogP contribution < -0.4 is 0 Å². The third-order valence-electron chi connectivity index (χ3n) is 9.99. The maximum absolute atomic E-state index is 14.4. The maximum atomic E-state index is 14.4. The monoisotopic (exact) mass is 720 g/mol. The maximum Gasteiger partial charge on any atom is 0.245 e. The summed E-state index contributed by atoms with van der Waals surface area (Å²) in [5, 5.41) is 9.86. The molecule has 5 aromatic rings. The van der Waals surface area contributed by atoms with Crippen LogP contribution in [0.1, 0.15) is 52.9 Å². The minimum atomic E-state index is -0.641. The average Bonchev–Trinajstić information content (AvgIpc) is 3.36. The minimum Gasteiger partial charge on any atom is -0.372 e. The predicted molar refractivity (Wildman–Crippen MR) is 183 cm³/mol. The number of halogens is 1. The van der Waals surface area contributed by atoms with Gasteiger partial charge in [-0.15, -0.1) is 0 Å². The lowest BCUT2D eigenvalue weighted by atomic mass is 9.94. The molecule has 6 heterocycles. The Kier molecular flexibility index (Phi) is 7.63. The van der Waals surface area contributed by atoms with Crippen molar-refractivity contribution in [2.75, 3.05) is 6.61 Å². The van der Waals surface area contributed by atoms with E-state index < -0.39 is 6.04 Å². The zero-order chi connectivity index (χ0) is 34.0. The third kappa shape index (κ3) is 5.70. The first-order valence-corrected chi connectivity index (χ1v) is 16.9. The minimum absolute atomic E-state index is 0.0619. The van der Waals surface area contributed by atoms with E-state index in [-0.39, 0.29) is 54.2 Å². The van der Waals surface area contributed by atoms with Crippen LogP contribution in [0.5, 0.6) is 0 Å². The molecule has 4 aromatic heterocycles. The largest absolute Gasteiger partial charge is 0.372 e. The van der Waals surface area contributed by atoms with Crippen molar-refractivity contribution in [1.82, 2.24) is 39.4 Å². The van der Waals surface area contributed by atoms with Gasteiger partial charge >= 0.3 is 0 Å². The van der Waals surface area contributed by atoms with Gasteiger partial charge in [-0.05, 0) is 70.6 Å². The number of rotatable bonds is 4. The first kappa shape index (κ1) is 31.4. The molecule has 3 aliphatic rings. The Morgan fingerprint density at radius 3 is 2.67 bits per heavy atom. The van der Waals surface area contributed by atoms with Crippen molar-refractivity contribution in [3.63, 3.8) is 0 Å². The van der Waals surface area contributed by atoms with Crippen LogP contribution in [0, 0.1) is 12.3 Å². The Morgan fingerprint density at radius 1 is 1.06 bits per heavy atom. The fourth-order valence-electron chi connectivity index (χ4n) is 7.38. The lowest BCUT2D eigenvalue weighted by molar-refractivity contribution is -0.139. The molecule has 248 valence electrons. The Bertz CT molecular complexity index is 2190. The van der Waals surface area contributed by atoms with Gasteiger partial charge < -0.3 is 9.64 Å². The van der Waals surface area contributed by atoms with Crippen LogP contribution >= 0.6 is 15.9 Å². The predicted octanol–water partition coefficient (Wildman–Crippen LogP) is 4.77. The Hall–Kier alpha value is -4.88. The Morgan fingerprint density at radius 2 is 1.88 bits per heavy atom. The number of piperidine rings is 1. The summed E-state index contributed by atoms with van der Waals surface area (Å²) in [6, 6.07) is 8.62. The Labute approximate surface area is 290 Å². The van der Waals surface area contributed by atoms with Gasteiger partial charge in [-0.2, -0.15) is 10.2 Å². The number of fused-ring (bicyclic) bond motifs is 5. The van der Waals surface area contributed by atoms with Gasteiger partial charge in [0.1, 0.15) is 22.7 Å². The molecule has 3 atom stereocenters. The van der Waals surface area contributed by atoms with Crippen LogP contribution in [0.3, 0.4) is 0 Å². The average molecular weight is 722 g/mol. The number of nitrogens with zero attached hydrogens (tertiary/aromatic N) is 8. The zero-order valence-electron chi connectivity index (χ0n) is 27.1. The summed E-state index contributed by atoms with van der Waals surface area (Å²) in [6.45, 7) is 8.52. The van der Waals surface area contributed by atoms with E-state index >= 15 is 0 Å². The van der Waals surface area contributed by atoms with Crippen LogP contribution in [0.15, 0.2) is 66.3 Å². The van der Waals surface area contributed by atoms with E-state index in [0.29, 0.717) is 46.6 Å². The van der Waals surface area contributed by atoms with E-state index in [1.807, 2.05) is 48.1 Å². The fraction of sp³-hybridized carbons (Fsp3) is 0.333. The summed E-state index contributed by atoms with van der Waals surface area (Å²) in [5.74, 6) is 0.155. The molecule has 8 rings (SSSR count). The molecule has 0 radical (unpaired) electrons. The van der Waals surface area contributed by atoms with Gasteiger partial charge in [0.05, 0.1) is 43.1 Å². The number of amides is 1. The lowest BCUT2D eigenvalue weighted by Gasteiger charge is -2.27.